The van der Waals surface area contributed by atoms with Crippen molar-refractivity contribution < 1.29 is 8.42 Å². The van der Waals surface area contributed by atoms with Gasteiger partial charge in [0.15, 0.2) is 0 Å². The molecule has 0 amide bonds. The van der Waals surface area contributed by atoms with E-state index in [0.717, 1.165) is 25.8 Å². The van der Waals surface area contributed by atoms with Gasteiger partial charge in [-0.2, -0.15) is 0 Å². The fraction of sp³-hybridized carbons (Fsp3) is 1.00. The highest BCUT2D eigenvalue weighted by molar-refractivity contribution is 7.89. The molecule has 0 aliphatic carbocycles. The van der Waals surface area contributed by atoms with Crippen LogP contribution in [0.5, 0.6) is 0 Å². The maximum atomic E-state index is 12.4. The van der Waals surface area contributed by atoms with E-state index in [-0.39, 0.29) is 11.3 Å². The van der Waals surface area contributed by atoms with Crippen molar-refractivity contribution in [2.24, 2.45) is 5.92 Å². The summed E-state index contributed by atoms with van der Waals surface area (Å²) in [6, 6.07) is 0.0851. The van der Waals surface area contributed by atoms with Crippen molar-refractivity contribution in [3.8, 4) is 0 Å². The molecule has 0 spiro atoms. The Morgan fingerprint density at radius 3 is 2.47 bits per heavy atom. The van der Waals surface area contributed by atoms with Crippen LogP contribution in [0.25, 0.3) is 0 Å². The fourth-order valence-electron chi connectivity index (χ4n) is 2.39. The third-order valence-corrected chi connectivity index (χ3v) is 5.92. The van der Waals surface area contributed by atoms with Gasteiger partial charge < -0.3 is 5.32 Å². The number of hydrogen-bond acceptors (Lipinski definition) is 3. The Morgan fingerprint density at radius 2 is 2.00 bits per heavy atom. The molecule has 1 saturated heterocycles. The molecule has 0 saturated carbocycles. The molecule has 0 aromatic rings. The van der Waals surface area contributed by atoms with Crippen molar-refractivity contribution in [2.45, 2.75) is 51.3 Å². The summed E-state index contributed by atoms with van der Waals surface area (Å²) in [6.07, 6.45) is 2.65. The highest BCUT2D eigenvalue weighted by Crippen LogP contribution is 2.20. The molecule has 0 radical (unpaired) electrons. The summed E-state index contributed by atoms with van der Waals surface area (Å²) in [5, 5.41) is 2.93. The van der Waals surface area contributed by atoms with Crippen LogP contribution in [0.2, 0.25) is 0 Å². The van der Waals surface area contributed by atoms with Crippen molar-refractivity contribution in [1.82, 2.24) is 9.62 Å². The summed E-state index contributed by atoms with van der Waals surface area (Å²) >= 11 is 0. The van der Waals surface area contributed by atoms with E-state index in [9.17, 15) is 8.42 Å². The van der Waals surface area contributed by atoms with Gasteiger partial charge in [-0.3, -0.25) is 0 Å². The predicted molar refractivity (Wildman–Crippen MR) is 71.5 cm³/mol. The molecule has 0 bridgehead atoms. The first kappa shape index (κ1) is 14.9. The minimum atomic E-state index is -3.14. The summed E-state index contributed by atoms with van der Waals surface area (Å²) in [6.45, 7) is 7.78. The van der Waals surface area contributed by atoms with Gasteiger partial charge in [0.25, 0.3) is 0 Å². The molecule has 2 unspecified atom stereocenters. The molecule has 17 heavy (non-hydrogen) atoms. The van der Waals surface area contributed by atoms with Crippen molar-refractivity contribution in [1.29, 1.82) is 0 Å². The van der Waals surface area contributed by atoms with Crippen LogP contribution in [0.3, 0.4) is 0 Å². The minimum Gasteiger partial charge on any atom is -0.315 e. The molecule has 0 aromatic heterocycles. The molecule has 5 heteroatoms. The molecule has 2 atom stereocenters. The summed E-state index contributed by atoms with van der Waals surface area (Å²) in [4.78, 5) is 0. The number of sulfonamides is 1. The Labute approximate surface area is 106 Å². The zero-order valence-electron chi connectivity index (χ0n) is 11.4. The Balaban J connectivity index is 2.68. The van der Waals surface area contributed by atoms with Crippen molar-refractivity contribution in [3.63, 3.8) is 0 Å². The number of nitrogens with zero attached hydrogens (tertiary/aromatic N) is 1. The lowest BCUT2D eigenvalue weighted by molar-refractivity contribution is 0.329. The zero-order chi connectivity index (χ0) is 13.1. The van der Waals surface area contributed by atoms with Crippen LogP contribution in [-0.2, 0) is 10.0 Å². The summed E-state index contributed by atoms with van der Waals surface area (Å²) < 4.78 is 26.4. The first-order valence-electron chi connectivity index (χ1n) is 6.53. The van der Waals surface area contributed by atoms with Gasteiger partial charge in [0.05, 0.1) is 5.25 Å². The van der Waals surface area contributed by atoms with Crippen molar-refractivity contribution in [3.05, 3.63) is 0 Å². The van der Waals surface area contributed by atoms with Gasteiger partial charge in [0.2, 0.25) is 10.0 Å². The van der Waals surface area contributed by atoms with Crippen molar-refractivity contribution in [2.75, 3.05) is 20.1 Å². The van der Waals surface area contributed by atoms with Gasteiger partial charge in [-0.15, -0.1) is 0 Å². The second-order valence-electron chi connectivity index (χ2n) is 5.51. The van der Waals surface area contributed by atoms with E-state index in [1.54, 1.807) is 11.4 Å². The number of rotatable bonds is 5. The van der Waals surface area contributed by atoms with E-state index in [1.807, 2.05) is 6.92 Å². The SMILES string of the molecule is CC(C)CC(C)N(C)S(=O)(=O)C1CCCNC1. The lowest BCUT2D eigenvalue weighted by Crippen LogP contribution is -2.47. The topological polar surface area (TPSA) is 49.4 Å². The maximum absolute atomic E-state index is 12.4. The second-order valence-corrected chi connectivity index (χ2v) is 7.78. The smallest absolute Gasteiger partial charge is 0.218 e. The minimum absolute atomic E-state index is 0.0851. The molecular formula is C12H26N2O2S. The normalized spacial score (nSPS) is 24.2. The number of hydrogen-bond donors (Lipinski definition) is 1. The average molecular weight is 262 g/mol. The number of nitrogens with one attached hydrogen (secondary N) is 1. The number of piperidine rings is 1. The predicted octanol–water partition coefficient (Wildman–Crippen LogP) is 1.43. The van der Waals surface area contributed by atoms with E-state index < -0.39 is 10.0 Å². The summed E-state index contributed by atoms with van der Waals surface area (Å²) in [7, 11) is -1.42. The molecule has 1 fully saturated rings. The van der Waals surface area contributed by atoms with Crippen LogP contribution in [0, 0.1) is 5.92 Å². The third kappa shape index (κ3) is 3.93. The van der Waals surface area contributed by atoms with E-state index in [1.165, 1.54) is 0 Å². The quantitative estimate of drug-likeness (QED) is 0.815. The summed E-state index contributed by atoms with van der Waals surface area (Å²) in [5.41, 5.74) is 0. The standard InChI is InChI=1S/C12H26N2O2S/c1-10(2)8-11(3)14(4)17(15,16)12-6-5-7-13-9-12/h10-13H,5-9H2,1-4H3. The Hall–Kier alpha value is -0.130. The average Bonchev–Trinajstić information content (AvgIpc) is 2.28. The van der Waals surface area contributed by atoms with E-state index in [4.69, 9.17) is 0 Å². The molecule has 1 N–H and O–H groups in total. The molecule has 1 aliphatic heterocycles. The molecule has 102 valence electrons. The molecule has 0 aromatic carbocycles. The Kier molecular flexibility index (Phi) is 5.41. The van der Waals surface area contributed by atoms with E-state index in [2.05, 4.69) is 19.2 Å². The van der Waals surface area contributed by atoms with Gasteiger partial charge in [-0.1, -0.05) is 13.8 Å². The summed E-state index contributed by atoms with van der Waals surface area (Å²) in [5.74, 6) is 0.520. The van der Waals surface area contributed by atoms with Crippen molar-refractivity contribution >= 4 is 10.0 Å². The molecule has 1 heterocycles. The third-order valence-electron chi connectivity index (χ3n) is 3.51. The van der Waals surface area contributed by atoms with Gasteiger partial charge in [-0.25, -0.2) is 12.7 Å². The zero-order valence-corrected chi connectivity index (χ0v) is 12.3. The second kappa shape index (κ2) is 6.16. The largest absolute Gasteiger partial charge is 0.315 e. The van der Waals surface area contributed by atoms with Crippen LogP contribution in [0.1, 0.15) is 40.0 Å². The van der Waals surface area contributed by atoms with Crippen LogP contribution in [0.15, 0.2) is 0 Å². The van der Waals surface area contributed by atoms with Gasteiger partial charge in [-0.05, 0) is 38.6 Å². The van der Waals surface area contributed by atoms with E-state index >= 15 is 0 Å². The van der Waals surface area contributed by atoms with Crippen LogP contribution >= 0.6 is 0 Å². The fourth-order valence-corrected chi connectivity index (χ4v) is 4.24. The highest BCUT2D eigenvalue weighted by Gasteiger charge is 2.33. The Morgan fingerprint density at radius 1 is 1.35 bits per heavy atom. The molecule has 1 rings (SSSR count). The first-order valence-corrected chi connectivity index (χ1v) is 8.03. The highest BCUT2D eigenvalue weighted by atomic mass is 32.2. The molecule has 1 aliphatic rings. The maximum Gasteiger partial charge on any atom is 0.218 e. The van der Waals surface area contributed by atoms with Crippen LogP contribution < -0.4 is 5.32 Å². The lowest BCUT2D eigenvalue weighted by Gasteiger charge is -2.31. The van der Waals surface area contributed by atoms with Gasteiger partial charge in [0.1, 0.15) is 0 Å². The van der Waals surface area contributed by atoms with Crippen LogP contribution in [0.4, 0.5) is 0 Å². The van der Waals surface area contributed by atoms with Gasteiger partial charge >= 0.3 is 0 Å². The lowest BCUT2D eigenvalue weighted by atomic mass is 10.1. The van der Waals surface area contributed by atoms with Crippen LogP contribution in [-0.4, -0.2) is 44.2 Å². The van der Waals surface area contributed by atoms with Gasteiger partial charge in [0, 0.05) is 19.6 Å². The first-order chi connectivity index (χ1) is 7.85. The monoisotopic (exact) mass is 262 g/mol. The Bertz CT molecular complexity index is 321. The molecular weight excluding hydrogens is 236 g/mol. The molecule has 4 nitrogen and oxygen atoms in total. The van der Waals surface area contributed by atoms with E-state index in [0.29, 0.717) is 12.5 Å².